The number of hydrogen-bond donors (Lipinski definition) is 2. The molecule has 0 radical (unpaired) electrons. The molecule has 162 valence electrons. The molecule has 4 rings (SSSR count). The number of hydrogen-bond acceptors (Lipinski definition) is 7. The average molecular weight is 423 g/mol. The number of nitrogens with one attached hydrogen (secondary N) is 1. The maximum Gasteiger partial charge on any atom is 0.328 e. The third kappa shape index (κ3) is 4.17. The summed E-state index contributed by atoms with van der Waals surface area (Å²) in [6, 6.07) is 17.5. The molecule has 3 unspecified atom stereocenters. The number of rotatable bonds is 6. The first-order valence-corrected chi connectivity index (χ1v) is 10.0. The summed E-state index contributed by atoms with van der Waals surface area (Å²) >= 11 is 0. The molecule has 9 heteroatoms. The van der Waals surface area contributed by atoms with E-state index < -0.39 is 24.3 Å². The number of nitrogens with zero attached hydrogens (tertiary/aromatic N) is 4. The third-order valence-corrected chi connectivity index (χ3v) is 5.34. The highest BCUT2D eigenvalue weighted by molar-refractivity contribution is 6.06. The minimum absolute atomic E-state index is 0.0509. The summed E-state index contributed by atoms with van der Waals surface area (Å²) in [6.07, 6.45) is -1.56. The molecule has 0 saturated carbocycles. The molecule has 0 spiro atoms. The molecule has 2 aromatic rings. The van der Waals surface area contributed by atoms with Crippen LogP contribution in [0, 0.1) is 0 Å². The highest BCUT2D eigenvalue weighted by Gasteiger charge is 2.51. The van der Waals surface area contributed by atoms with Crippen molar-refractivity contribution in [2.24, 2.45) is 4.99 Å². The van der Waals surface area contributed by atoms with Crippen LogP contribution in [0.25, 0.3) is 0 Å². The topological polar surface area (TPSA) is 97.7 Å². The van der Waals surface area contributed by atoms with Gasteiger partial charge in [-0.25, -0.2) is 9.79 Å². The van der Waals surface area contributed by atoms with Crippen molar-refractivity contribution in [2.45, 2.75) is 18.3 Å². The van der Waals surface area contributed by atoms with Crippen LogP contribution in [-0.2, 0) is 4.79 Å². The van der Waals surface area contributed by atoms with Crippen LogP contribution in [0.4, 0.5) is 10.5 Å². The van der Waals surface area contributed by atoms with E-state index in [9.17, 15) is 14.7 Å². The lowest BCUT2D eigenvalue weighted by Gasteiger charge is -2.40. The molecular weight excluding hydrogens is 398 g/mol. The van der Waals surface area contributed by atoms with Crippen LogP contribution in [0.2, 0.25) is 0 Å². The number of β-amino-alcohol motifs (C(OH)–C–C–N with tert-alkyl or cyclic N) is 1. The zero-order valence-electron chi connectivity index (χ0n) is 17.4. The first-order valence-electron chi connectivity index (χ1n) is 10.0. The SMILES string of the molecule is CN1C(=O)C2C(N=C(Nc3ccccc3)N2CC(O)COc2ccccc2)N(C)C1=O. The molecule has 1 fully saturated rings. The van der Waals surface area contributed by atoms with E-state index in [1.165, 1.54) is 11.9 Å². The van der Waals surface area contributed by atoms with E-state index in [1.807, 2.05) is 60.7 Å². The summed E-state index contributed by atoms with van der Waals surface area (Å²) in [4.78, 5) is 34.2. The van der Waals surface area contributed by atoms with Crippen LogP contribution in [0.15, 0.2) is 65.7 Å². The van der Waals surface area contributed by atoms with Gasteiger partial charge in [-0.1, -0.05) is 36.4 Å². The van der Waals surface area contributed by atoms with Crippen molar-refractivity contribution in [3.8, 4) is 5.75 Å². The van der Waals surface area contributed by atoms with E-state index in [0.717, 1.165) is 10.6 Å². The summed E-state index contributed by atoms with van der Waals surface area (Å²) in [5, 5.41) is 13.9. The molecule has 0 aromatic heterocycles. The lowest BCUT2D eigenvalue weighted by molar-refractivity contribution is -0.136. The molecule has 3 amide bonds. The number of imide groups is 1. The Morgan fingerprint density at radius 3 is 2.39 bits per heavy atom. The van der Waals surface area contributed by atoms with Gasteiger partial charge in [0.1, 0.15) is 18.5 Å². The molecule has 1 saturated heterocycles. The van der Waals surface area contributed by atoms with Crippen molar-refractivity contribution in [1.29, 1.82) is 0 Å². The second kappa shape index (κ2) is 8.65. The van der Waals surface area contributed by atoms with Gasteiger partial charge in [-0.2, -0.15) is 0 Å². The number of likely N-dealkylation sites (N-methyl/N-ethyl adjacent to an activating group) is 2. The first-order chi connectivity index (χ1) is 15.0. The third-order valence-electron chi connectivity index (χ3n) is 5.34. The average Bonchev–Trinajstić information content (AvgIpc) is 3.14. The summed E-state index contributed by atoms with van der Waals surface area (Å²) in [5.74, 6) is 0.706. The number of para-hydroxylation sites is 2. The van der Waals surface area contributed by atoms with Gasteiger partial charge in [0, 0.05) is 19.8 Å². The van der Waals surface area contributed by atoms with E-state index in [-0.39, 0.29) is 19.1 Å². The molecular formula is C22H25N5O4. The van der Waals surface area contributed by atoms with Gasteiger partial charge in [0.15, 0.2) is 12.2 Å². The zero-order chi connectivity index (χ0) is 22.0. The standard InChI is InChI=1S/C22H25N5O4/c1-25-19-18(20(29)26(2)22(25)30)27(21(24-19)23-15-9-5-3-6-10-15)13-16(28)14-31-17-11-7-4-8-12-17/h3-12,16,18-19,28H,13-14H2,1-2H3,(H,23,24). The minimum atomic E-state index is -0.886. The predicted octanol–water partition coefficient (Wildman–Crippen LogP) is 1.43. The fraction of sp³-hybridized carbons (Fsp3) is 0.318. The Hall–Kier alpha value is -3.59. The fourth-order valence-electron chi connectivity index (χ4n) is 3.71. The Kier molecular flexibility index (Phi) is 5.77. The smallest absolute Gasteiger partial charge is 0.328 e. The van der Waals surface area contributed by atoms with Crippen LogP contribution in [0.3, 0.4) is 0 Å². The van der Waals surface area contributed by atoms with Gasteiger partial charge < -0.3 is 25.0 Å². The normalized spacial score (nSPS) is 21.6. The Balaban J connectivity index is 1.54. The molecule has 31 heavy (non-hydrogen) atoms. The number of anilines is 1. The Labute approximate surface area is 180 Å². The van der Waals surface area contributed by atoms with Crippen LogP contribution < -0.4 is 10.1 Å². The maximum absolute atomic E-state index is 13.0. The monoisotopic (exact) mass is 423 g/mol. The van der Waals surface area contributed by atoms with Crippen molar-refractivity contribution < 1.29 is 19.4 Å². The first kappa shape index (κ1) is 20.7. The number of aliphatic hydroxyl groups excluding tert-OH is 1. The summed E-state index contributed by atoms with van der Waals surface area (Å²) in [6.45, 7) is 0.156. The van der Waals surface area contributed by atoms with Crippen molar-refractivity contribution in [3.63, 3.8) is 0 Å². The fourth-order valence-corrected chi connectivity index (χ4v) is 3.71. The van der Waals surface area contributed by atoms with Gasteiger partial charge >= 0.3 is 6.03 Å². The number of ether oxygens (including phenoxy) is 1. The molecule has 0 aliphatic carbocycles. The lowest BCUT2D eigenvalue weighted by atomic mass is 10.1. The van der Waals surface area contributed by atoms with E-state index in [4.69, 9.17) is 4.74 Å². The van der Waals surface area contributed by atoms with Gasteiger partial charge in [0.2, 0.25) is 5.96 Å². The zero-order valence-corrected chi connectivity index (χ0v) is 17.4. The van der Waals surface area contributed by atoms with Gasteiger partial charge in [-0.05, 0) is 24.3 Å². The van der Waals surface area contributed by atoms with Gasteiger partial charge in [0.25, 0.3) is 5.91 Å². The van der Waals surface area contributed by atoms with Crippen molar-refractivity contribution in [2.75, 3.05) is 32.6 Å². The molecule has 3 atom stereocenters. The molecule has 2 aliphatic rings. The number of guanidine groups is 1. The van der Waals surface area contributed by atoms with E-state index in [0.29, 0.717) is 11.7 Å². The van der Waals surface area contributed by atoms with Crippen LogP contribution in [0.1, 0.15) is 0 Å². The second-order valence-electron chi connectivity index (χ2n) is 7.52. The molecule has 0 bridgehead atoms. The van der Waals surface area contributed by atoms with E-state index >= 15 is 0 Å². The van der Waals surface area contributed by atoms with Crippen LogP contribution in [-0.4, -0.2) is 83.3 Å². The van der Waals surface area contributed by atoms with Crippen molar-refractivity contribution >= 4 is 23.6 Å². The quantitative estimate of drug-likeness (QED) is 0.730. The van der Waals surface area contributed by atoms with E-state index in [1.54, 1.807) is 11.9 Å². The second-order valence-corrected chi connectivity index (χ2v) is 7.52. The molecule has 2 N–H and O–H groups in total. The molecule has 2 aliphatic heterocycles. The summed E-state index contributed by atoms with van der Waals surface area (Å²) < 4.78 is 5.66. The van der Waals surface area contributed by atoms with Gasteiger partial charge in [0.05, 0.1) is 6.54 Å². The number of benzene rings is 2. The summed E-state index contributed by atoms with van der Waals surface area (Å²) in [5.41, 5.74) is 0.787. The minimum Gasteiger partial charge on any atom is -0.491 e. The number of urea groups is 1. The highest BCUT2D eigenvalue weighted by atomic mass is 16.5. The molecule has 9 nitrogen and oxygen atoms in total. The molecule has 2 aromatic carbocycles. The predicted molar refractivity (Wildman–Crippen MR) is 116 cm³/mol. The number of fused-ring (bicyclic) bond motifs is 1. The number of carbonyl (C=O) groups is 2. The Morgan fingerprint density at radius 1 is 1.06 bits per heavy atom. The Morgan fingerprint density at radius 2 is 1.71 bits per heavy atom. The van der Waals surface area contributed by atoms with Crippen molar-refractivity contribution in [1.82, 2.24) is 14.7 Å². The number of amides is 3. The molecule has 2 heterocycles. The lowest BCUT2D eigenvalue weighted by Crippen LogP contribution is -2.64. The van der Waals surface area contributed by atoms with E-state index in [2.05, 4.69) is 10.3 Å². The highest BCUT2D eigenvalue weighted by Crippen LogP contribution is 2.28. The van der Waals surface area contributed by atoms with Gasteiger partial charge in [-0.3, -0.25) is 9.69 Å². The number of aliphatic hydroxyl groups is 1. The van der Waals surface area contributed by atoms with Crippen LogP contribution >= 0.6 is 0 Å². The summed E-state index contributed by atoms with van der Waals surface area (Å²) in [7, 11) is 3.07. The Bertz CT molecular complexity index is 968. The number of carbonyl (C=O) groups excluding carboxylic acids is 2. The van der Waals surface area contributed by atoms with Gasteiger partial charge in [-0.15, -0.1) is 0 Å². The largest absolute Gasteiger partial charge is 0.491 e. The maximum atomic E-state index is 13.0. The van der Waals surface area contributed by atoms with Crippen LogP contribution in [0.5, 0.6) is 5.75 Å². The van der Waals surface area contributed by atoms with Crippen molar-refractivity contribution in [3.05, 3.63) is 60.7 Å². The number of aliphatic imine (C=N–C) groups is 1.